The first-order valence-corrected chi connectivity index (χ1v) is 9.49. The van der Waals surface area contributed by atoms with Crippen molar-refractivity contribution in [3.8, 4) is 0 Å². The number of hydrogen-bond donors (Lipinski definition) is 2. The van der Waals surface area contributed by atoms with E-state index in [2.05, 4.69) is 20.9 Å². The maximum atomic E-state index is 14.5. The van der Waals surface area contributed by atoms with Crippen molar-refractivity contribution < 1.29 is 13.9 Å². The molecule has 8 heteroatoms. The molecule has 2 saturated heterocycles. The van der Waals surface area contributed by atoms with Gasteiger partial charge in [-0.2, -0.15) is 0 Å². The lowest BCUT2D eigenvalue weighted by Crippen LogP contribution is -2.56. The average molecular weight is 427 g/mol. The summed E-state index contributed by atoms with van der Waals surface area (Å²) in [5.41, 5.74) is 0.441. The van der Waals surface area contributed by atoms with Gasteiger partial charge < -0.3 is 20.0 Å². The number of nitrogens with zero attached hydrogens (tertiary/aromatic N) is 2. The Hall–Kier alpha value is -1.83. The van der Waals surface area contributed by atoms with Gasteiger partial charge in [0.2, 0.25) is 0 Å². The average Bonchev–Trinajstić information content (AvgIpc) is 3.07. The zero-order chi connectivity index (χ0) is 19.1. The summed E-state index contributed by atoms with van der Waals surface area (Å²) in [6, 6.07) is 1.76. The van der Waals surface area contributed by atoms with Crippen LogP contribution in [0.5, 0.6) is 0 Å². The maximum Gasteiger partial charge on any atom is 0.410 e. The summed E-state index contributed by atoms with van der Waals surface area (Å²) in [7, 11) is 0. The van der Waals surface area contributed by atoms with Crippen LogP contribution in [0.2, 0.25) is 0 Å². The lowest BCUT2D eigenvalue weighted by molar-refractivity contribution is 0.00184. The number of aromatic nitrogens is 1. The standard InChI is InChI=1S/C18H24BrFN4O2/c1-18(2,3)26-17(25)24-12-4-5-13(24)10-23(9-12)16(14(20)7-21)15-6-11(19)8-22-15/h6-8,12-13,21-22H,4-5,9-10H2,1-3H3/b16-14-,21-7?. The van der Waals surface area contributed by atoms with Crippen molar-refractivity contribution in [2.45, 2.75) is 51.3 Å². The third-order valence-electron chi connectivity index (χ3n) is 4.66. The summed E-state index contributed by atoms with van der Waals surface area (Å²) in [6.45, 7) is 6.59. The van der Waals surface area contributed by atoms with E-state index in [0.29, 0.717) is 24.5 Å². The number of piperazine rings is 1. The highest BCUT2D eigenvalue weighted by Crippen LogP contribution is 2.36. The van der Waals surface area contributed by atoms with Gasteiger partial charge in [0.05, 0.1) is 29.7 Å². The van der Waals surface area contributed by atoms with Crippen molar-refractivity contribution >= 4 is 33.9 Å². The van der Waals surface area contributed by atoms with Crippen LogP contribution in [0, 0.1) is 5.41 Å². The summed E-state index contributed by atoms with van der Waals surface area (Å²) < 4.78 is 20.8. The van der Waals surface area contributed by atoms with Crippen molar-refractivity contribution in [1.82, 2.24) is 14.8 Å². The van der Waals surface area contributed by atoms with E-state index in [1.54, 1.807) is 12.3 Å². The van der Waals surface area contributed by atoms with Crippen LogP contribution in [0.15, 0.2) is 22.6 Å². The highest BCUT2D eigenvalue weighted by Gasteiger charge is 2.45. The van der Waals surface area contributed by atoms with Crippen molar-refractivity contribution in [2.24, 2.45) is 0 Å². The Morgan fingerprint density at radius 2 is 2.00 bits per heavy atom. The van der Waals surface area contributed by atoms with Crippen molar-refractivity contribution in [2.75, 3.05) is 13.1 Å². The molecule has 2 aliphatic heterocycles. The number of likely N-dealkylation sites (tertiary alicyclic amines) is 1. The Bertz CT molecular complexity index is 726. The number of nitrogens with one attached hydrogen (secondary N) is 2. The molecule has 142 valence electrons. The summed E-state index contributed by atoms with van der Waals surface area (Å²) in [4.78, 5) is 19.3. The fourth-order valence-corrected chi connectivity index (χ4v) is 4.06. The van der Waals surface area contributed by atoms with Crippen LogP contribution >= 0.6 is 15.9 Å². The molecule has 2 fully saturated rings. The number of ether oxygens (including phenoxy) is 1. The minimum Gasteiger partial charge on any atom is -0.444 e. The second-order valence-corrected chi connectivity index (χ2v) is 8.67. The van der Waals surface area contributed by atoms with Gasteiger partial charge in [0.1, 0.15) is 5.60 Å². The number of H-pyrrole nitrogens is 1. The third-order valence-corrected chi connectivity index (χ3v) is 5.12. The summed E-state index contributed by atoms with van der Waals surface area (Å²) >= 11 is 3.37. The summed E-state index contributed by atoms with van der Waals surface area (Å²) in [5, 5.41) is 7.34. The van der Waals surface area contributed by atoms with E-state index in [9.17, 15) is 9.18 Å². The number of amides is 1. The van der Waals surface area contributed by atoms with Crippen LogP contribution in [0.4, 0.5) is 9.18 Å². The Balaban J connectivity index is 1.83. The molecule has 0 aromatic carbocycles. The fraction of sp³-hybridized carbons (Fsp3) is 0.556. The van der Waals surface area contributed by atoms with Crippen molar-refractivity contribution in [1.29, 1.82) is 5.41 Å². The fourth-order valence-electron chi connectivity index (χ4n) is 3.72. The molecule has 0 aliphatic carbocycles. The predicted octanol–water partition coefficient (Wildman–Crippen LogP) is 4.15. The minimum absolute atomic E-state index is 0.0180. The molecule has 2 aliphatic rings. The van der Waals surface area contributed by atoms with Gasteiger partial charge in [-0.05, 0) is 55.6 Å². The first-order chi connectivity index (χ1) is 12.2. The van der Waals surface area contributed by atoms with E-state index in [1.165, 1.54) is 0 Å². The van der Waals surface area contributed by atoms with E-state index in [-0.39, 0.29) is 18.2 Å². The van der Waals surface area contributed by atoms with E-state index >= 15 is 0 Å². The zero-order valence-electron chi connectivity index (χ0n) is 15.2. The molecule has 0 radical (unpaired) electrons. The number of carbonyl (C=O) groups excluding carboxylic acids is 1. The van der Waals surface area contributed by atoms with E-state index in [0.717, 1.165) is 23.5 Å². The van der Waals surface area contributed by atoms with Crippen molar-refractivity contribution in [3.05, 3.63) is 28.3 Å². The van der Waals surface area contributed by atoms with Gasteiger partial charge in [0.15, 0.2) is 5.83 Å². The highest BCUT2D eigenvalue weighted by atomic mass is 79.9. The van der Waals surface area contributed by atoms with Crippen molar-refractivity contribution in [3.63, 3.8) is 0 Å². The molecule has 1 aromatic rings. The van der Waals surface area contributed by atoms with Crippen LogP contribution in [0.3, 0.4) is 0 Å². The maximum absolute atomic E-state index is 14.5. The molecule has 1 amide bonds. The molecule has 2 bridgehead atoms. The van der Waals surface area contributed by atoms with E-state index in [1.807, 2.05) is 30.6 Å². The van der Waals surface area contributed by atoms with E-state index in [4.69, 9.17) is 10.1 Å². The number of rotatable bonds is 3. The first-order valence-electron chi connectivity index (χ1n) is 8.70. The normalized spacial score (nSPS) is 23.7. The smallest absolute Gasteiger partial charge is 0.410 e. The molecule has 2 N–H and O–H groups in total. The number of halogens is 2. The molecule has 3 heterocycles. The molecule has 2 unspecified atom stereocenters. The Morgan fingerprint density at radius 3 is 2.46 bits per heavy atom. The van der Waals surface area contributed by atoms with Crippen LogP contribution in [0.1, 0.15) is 39.3 Å². The Kier molecular flexibility index (Phi) is 5.14. The topological polar surface area (TPSA) is 72.4 Å². The molecular weight excluding hydrogens is 403 g/mol. The van der Waals surface area contributed by atoms with Gasteiger partial charge in [0, 0.05) is 23.8 Å². The number of aromatic amines is 1. The first kappa shape index (κ1) is 18.9. The second-order valence-electron chi connectivity index (χ2n) is 7.75. The van der Waals surface area contributed by atoms with Gasteiger partial charge in [-0.3, -0.25) is 4.90 Å². The van der Waals surface area contributed by atoms with Crippen LogP contribution in [-0.4, -0.2) is 57.9 Å². The molecule has 1 aromatic heterocycles. The van der Waals surface area contributed by atoms with Gasteiger partial charge in [-0.25, -0.2) is 9.18 Å². The molecule has 0 spiro atoms. The number of carbonyl (C=O) groups is 1. The quantitative estimate of drug-likeness (QED) is 0.712. The van der Waals surface area contributed by atoms with Gasteiger partial charge in [0.25, 0.3) is 0 Å². The minimum atomic E-state index is -0.593. The summed E-state index contributed by atoms with van der Waals surface area (Å²) in [5.74, 6) is -0.593. The molecule has 3 rings (SSSR count). The highest BCUT2D eigenvalue weighted by molar-refractivity contribution is 9.10. The zero-order valence-corrected chi connectivity index (χ0v) is 16.8. The SMILES string of the molecule is CC(C)(C)OC(=O)N1C2CCC1CN(/C(=C(\F)C=N)c1cc(Br)c[nH]1)C2. The van der Waals surface area contributed by atoms with Gasteiger partial charge >= 0.3 is 6.09 Å². The Morgan fingerprint density at radius 1 is 1.38 bits per heavy atom. The number of allylic oxidation sites excluding steroid dienone is 1. The Labute approximate surface area is 161 Å². The molecule has 26 heavy (non-hydrogen) atoms. The monoisotopic (exact) mass is 426 g/mol. The number of hydrogen-bond acceptors (Lipinski definition) is 4. The second kappa shape index (κ2) is 7.06. The molecular formula is C18H24BrFN4O2. The lowest BCUT2D eigenvalue weighted by Gasteiger charge is -2.42. The van der Waals surface area contributed by atoms with E-state index < -0.39 is 11.4 Å². The van der Waals surface area contributed by atoms with Crippen LogP contribution in [-0.2, 0) is 4.74 Å². The number of fused-ring (bicyclic) bond motifs is 2. The van der Waals surface area contributed by atoms with Crippen LogP contribution < -0.4 is 0 Å². The van der Waals surface area contributed by atoms with Gasteiger partial charge in [-0.15, -0.1) is 0 Å². The summed E-state index contributed by atoms with van der Waals surface area (Å²) in [6.07, 6.45) is 3.90. The molecule has 6 nitrogen and oxygen atoms in total. The lowest BCUT2D eigenvalue weighted by atomic mass is 10.1. The van der Waals surface area contributed by atoms with Gasteiger partial charge in [-0.1, -0.05) is 0 Å². The van der Waals surface area contributed by atoms with Crippen LogP contribution in [0.25, 0.3) is 5.70 Å². The largest absolute Gasteiger partial charge is 0.444 e. The molecule has 2 atom stereocenters. The predicted molar refractivity (Wildman–Crippen MR) is 102 cm³/mol. The molecule has 0 saturated carbocycles. The third kappa shape index (κ3) is 3.79.